The van der Waals surface area contributed by atoms with Crippen molar-refractivity contribution in [2.45, 2.75) is 13.5 Å². The summed E-state index contributed by atoms with van der Waals surface area (Å²) in [4.78, 5) is 25.2. The van der Waals surface area contributed by atoms with E-state index >= 15 is 0 Å². The topological polar surface area (TPSA) is 90.6 Å². The standard InChI is InChI=1S/C13H14N6O/c1-8-16-12(18-17-8)6-19(2)13(20)9-3-4-10-11(5-9)15-7-14-10/h3-5,7H,6H2,1-2H3,(H,14,15)(H,16,17,18). The van der Waals surface area contributed by atoms with Crippen LogP contribution in [0.15, 0.2) is 24.5 Å². The van der Waals surface area contributed by atoms with Gasteiger partial charge in [-0.05, 0) is 25.1 Å². The Morgan fingerprint density at radius 1 is 1.40 bits per heavy atom. The van der Waals surface area contributed by atoms with Crippen LogP contribution < -0.4 is 0 Å². The van der Waals surface area contributed by atoms with Crippen LogP contribution in [0.25, 0.3) is 11.0 Å². The van der Waals surface area contributed by atoms with Gasteiger partial charge in [0, 0.05) is 12.6 Å². The summed E-state index contributed by atoms with van der Waals surface area (Å²) in [6.45, 7) is 2.19. The third kappa shape index (κ3) is 2.25. The second-order valence-corrected chi connectivity index (χ2v) is 4.63. The molecule has 1 amide bonds. The van der Waals surface area contributed by atoms with Gasteiger partial charge in [0.25, 0.3) is 5.91 Å². The van der Waals surface area contributed by atoms with Crippen molar-refractivity contribution in [1.82, 2.24) is 30.0 Å². The smallest absolute Gasteiger partial charge is 0.254 e. The number of aromatic amines is 2. The van der Waals surface area contributed by atoms with Crippen molar-refractivity contribution < 1.29 is 4.79 Å². The van der Waals surface area contributed by atoms with Crippen molar-refractivity contribution in [3.63, 3.8) is 0 Å². The highest BCUT2D eigenvalue weighted by Crippen LogP contribution is 2.13. The quantitative estimate of drug-likeness (QED) is 0.749. The van der Waals surface area contributed by atoms with Crippen LogP contribution in [0.4, 0.5) is 0 Å². The van der Waals surface area contributed by atoms with E-state index in [4.69, 9.17) is 0 Å². The van der Waals surface area contributed by atoms with E-state index in [9.17, 15) is 4.79 Å². The summed E-state index contributed by atoms with van der Waals surface area (Å²) < 4.78 is 0. The van der Waals surface area contributed by atoms with E-state index in [1.54, 1.807) is 30.4 Å². The van der Waals surface area contributed by atoms with E-state index < -0.39 is 0 Å². The monoisotopic (exact) mass is 270 g/mol. The van der Waals surface area contributed by atoms with E-state index in [1.165, 1.54) is 0 Å². The highest BCUT2D eigenvalue weighted by Gasteiger charge is 2.14. The zero-order valence-electron chi connectivity index (χ0n) is 11.2. The number of carbonyl (C=O) groups is 1. The number of nitrogens with zero attached hydrogens (tertiary/aromatic N) is 4. The van der Waals surface area contributed by atoms with Crippen LogP contribution in [0.5, 0.6) is 0 Å². The number of aryl methyl sites for hydroxylation is 1. The van der Waals surface area contributed by atoms with Crippen molar-refractivity contribution in [1.29, 1.82) is 0 Å². The lowest BCUT2D eigenvalue weighted by molar-refractivity contribution is 0.0782. The summed E-state index contributed by atoms with van der Waals surface area (Å²) >= 11 is 0. The first kappa shape index (κ1) is 12.3. The van der Waals surface area contributed by atoms with Crippen LogP contribution in [0, 0.1) is 6.92 Å². The summed E-state index contributed by atoms with van der Waals surface area (Å²) in [6.07, 6.45) is 1.61. The van der Waals surface area contributed by atoms with Gasteiger partial charge in [-0.15, -0.1) is 0 Å². The Hall–Kier alpha value is -2.70. The Balaban J connectivity index is 1.80. The zero-order chi connectivity index (χ0) is 14.1. The summed E-state index contributed by atoms with van der Waals surface area (Å²) in [5.74, 6) is 1.25. The van der Waals surface area contributed by atoms with Gasteiger partial charge < -0.3 is 9.88 Å². The second-order valence-electron chi connectivity index (χ2n) is 4.63. The molecule has 0 radical (unpaired) electrons. The van der Waals surface area contributed by atoms with E-state index in [1.807, 2.05) is 13.0 Å². The molecule has 102 valence electrons. The number of aromatic nitrogens is 5. The minimum absolute atomic E-state index is 0.0797. The molecule has 0 atom stereocenters. The Morgan fingerprint density at radius 3 is 3.00 bits per heavy atom. The first-order valence-corrected chi connectivity index (χ1v) is 6.20. The number of benzene rings is 1. The molecule has 0 aliphatic rings. The molecule has 0 fully saturated rings. The van der Waals surface area contributed by atoms with Gasteiger partial charge in [-0.2, -0.15) is 5.10 Å². The number of H-pyrrole nitrogens is 2. The van der Waals surface area contributed by atoms with Gasteiger partial charge in [0.1, 0.15) is 5.82 Å². The largest absolute Gasteiger partial charge is 0.345 e. The molecular weight excluding hydrogens is 256 g/mol. The lowest BCUT2D eigenvalue weighted by atomic mass is 10.2. The Morgan fingerprint density at radius 2 is 2.25 bits per heavy atom. The maximum atomic E-state index is 12.3. The number of fused-ring (bicyclic) bond motifs is 1. The minimum Gasteiger partial charge on any atom is -0.345 e. The Bertz CT molecular complexity index is 759. The van der Waals surface area contributed by atoms with Gasteiger partial charge in [0.05, 0.1) is 23.9 Å². The lowest BCUT2D eigenvalue weighted by Gasteiger charge is -2.15. The lowest BCUT2D eigenvalue weighted by Crippen LogP contribution is -2.26. The first-order valence-electron chi connectivity index (χ1n) is 6.20. The first-order chi connectivity index (χ1) is 9.63. The maximum absolute atomic E-state index is 12.3. The number of carbonyl (C=O) groups excluding carboxylic acids is 1. The number of imidazole rings is 1. The number of nitrogens with one attached hydrogen (secondary N) is 2. The highest BCUT2D eigenvalue weighted by molar-refractivity contribution is 5.97. The molecule has 0 saturated heterocycles. The maximum Gasteiger partial charge on any atom is 0.254 e. The molecule has 3 aromatic rings. The van der Waals surface area contributed by atoms with Crippen LogP contribution in [0.3, 0.4) is 0 Å². The Kier molecular flexibility index (Phi) is 2.94. The number of amides is 1. The van der Waals surface area contributed by atoms with Gasteiger partial charge in [0.2, 0.25) is 0 Å². The Labute approximate surface area is 115 Å². The molecule has 2 N–H and O–H groups in total. The van der Waals surface area contributed by atoms with Crippen LogP contribution in [0.1, 0.15) is 22.0 Å². The summed E-state index contributed by atoms with van der Waals surface area (Å²) in [5.41, 5.74) is 2.29. The molecule has 0 aliphatic carbocycles. The van der Waals surface area contributed by atoms with E-state index in [2.05, 4.69) is 25.1 Å². The van der Waals surface area contributed by atoms with E-state index in [-0.39, 0.29) is 5.91 Å². The predicted molar refractivity (Wildman–Crippen MR) is 73.0 cm³/mol. The van der Waals surface area contributed by atoms with Crippen molar-refractivity contribution in [3.8, 4) is 0 Å². The highest BCUT2D eigenvalue weighted by atomic mass is 16.2. The van der Waals surface area contributed by atoms with Gasteiger partial charge in [-0.3, -0.25) is 9.89 Å². The van der Waals surface area contributed by atoms with Crippen LogP contribution in [-0.4, -0.2) is 43.0 Å². The molecular formula is C13H14N6O. The zero-order valence-corrected chi connectivity index (χ0v) is 11.2. The van der Waals surface area contributed by atoms with Crippen LogP contribution in [-0.2, 0) is 6.54 Å². The van der Waals surface area contributed by atoms with Crippen molar-refractivity contribution in [2.24, 2.45) is 0 Å². The van der Waals surface area contributed by atoms with E-state index in [0.29, 0.717) is 17.9 Å². The molecule has 0 spiro atoms. The van der Waals surface area contributed by atoms with Crippen molar-refractivity contribution in [3.05, 3.63) is 41.7 Å². The SMILES string of the molecule is Cc1nc(CN(C)C(=O)c2ccc3nc[nH]c3c2)n[nH]1. The summed E-state index contributed by atoms with van der Waals surface area (Å²) in [6, 6.07) is 5.39. The van der Waals surface area contributed by atoms with E-state index in [0.717, 1.165) is 16.9 Å². The van der Waals surface area contributed by atoms with Gasteiger partial charge >= 0.3 is 0 Å². The molecule has 0 saturated carbocycles. The third-order valence-corrected chi connectivity index (χ3v) is 3.04. The molecule has 1 aromatic carbocycles. The molecule has 2 aromatic heterocycles. The number of hydrogen-bond donors (Lipinski definition) is 2. The average molecular weight is 270 g/mol. The minimum atomic E-state index is -0.0797. The number of rotatable bonds is 3. The summed E-state index contributed by atoms with van der Waals surface area (Å²) in [5, 5.41) is 6.79. The molecule has 20 heavy (non-hydrogen) atoms. The molecule has 0 unspecified atom stereocenters. The molecule has 7 nitrogen and oxygen atoms in total. The second kappa shape index (κ2) is 4.76. The molecule has 3 rings (SSSR count). The molecule has 7 heteroatoms. The normalized spacial score (nSPS) is 10.9. The fraction of sp³-hybridized carbons (Fsp3) is 0.231. The predicted octanol–water partition coefficient (Wildman–Crippen LogP) is 1.26. The number of hydrogen-bond acceptors (Lipinski definition) is 4. The molecule has 0 aliphatic heterocycles. The molecule has 0 bridgehead atoms. The molecule has 2 heterocycles. The fourth-order valence-corrected chi connectivity index (χ4v) is 2.03. The third-order valence-electron chi connectivity index (χ3n) is 3.04. The van der Waals surface area contributed by atoms with Gasteiger partial charge in [-0.25, -0.2) is 9.97 Å². The van der Waals surface area contributed by atoms with Crippen LogP contribution >= 0.6 is 0 Å². The average Bonchev–Trinajstić information content (AvgIpc) is 3.05. The van der Waals surface area contributed by atoms with Crippen molar-refractivity contribution in [2.75, 3.05) is 7.05 Å². The van der Waals surface area contributed by atoms with Gasteiger partial charge in [0.15, 0.2) is 5.82 Å². The van der Waals surface area contributed by atoms with Crippen molar-refractivity contribution >= 4 is 16.9 Å². The summed E-state index contributed by atoms with van der Waals surface area (Å²) in [7, 11) is 1.73. The van der Waals surface area contributed by atoms with Crippen LogP contribution in [0.2, 0.25) is 0 Å². The van der Waals surface area contributed by atoms with Gasteiger partial charge in [-0.1, -0.05) is 0 Å². The fourth-order valence-electron chi connectivity index (χ4n) is 2.03.